The van der Waals surface area contributed by atoms with Crippen LogP contribution in [0.2, 0.25) is 5.02 Å². The summed E-state index contributed by atoms with van der Waals surface area (Å²) in [5.74, 6) is 0.0434. The highest BCUT2D eigenvalue weighted by molar-refractivity contribution is 6.30. The van der Waals surface area contributed by atoms with Crippen LogP contribution in [0.4, 0.5) is 0 Å². The Morgan fingerprint density at radius 2 is 1.81 bits per heavy atom. The Labute approximate surface area is 183 Å². The maximum Gasteiger partial charge on any atom is 0.261 e. The van der Waals surface area contributed by atoms with Crippen LogP contribution in [0.25, 0.3) is 0 Å². The van der Waals surface area contributed by atoms with Gasteiger partial charge in [-0.3, -0.25) is 19.3 Å². The molecule has 8 heteroatoms. The summed E-state index contributed by atoms with van der Waals surface area (Å²) in [5.41, 5.74) is 0.823. The van der Waals surface area contributed by atoms with E-state index >= 15 is 0 Å². The molecule has 0 saturated heterocycles. The van der Waals surface area contributed by atoms with Crippen molar-refractivity contribution in [2.45, 2.75) is 6.54 Å². The van der Waals surface area contributed by atoms with Gasteiger partial charge >= 0.3 is 0 Å². The number of amides is 3. The molecule has 3 amide bonds. The van der Waals surface area contributed by atoms with Gasteiger partial charge in [0.2, 0.25) is 0 Å². The number of likely N-dealkylation sites (N-methyl/N-ethyl adjacent to an activating group) is 1. The molecule has 7 nitrogen and oxygen atoms in total. The van der Waals surface area contributed by atoms with Crippen LogP contribution in [0, 0.1) is 0 Å². The lowest BCUT2D eigenvalue weighted by molar-refractivity contribution is 0.0631. The summed E-state index contributed by atoms with van der Waals surface area (Å²) in [4.78, 5) is 40.7. The summed E-state index contributed by atoms with van der Waals surface area (Å²) in [6.45, 7) is 0.684. The Morgan fingerprint density at radius 1 is 1.06 bits per heavy atom. The highest BCUT2D eigenvalue weighted by atomic mass is 35.5. The predicted octanol–water partition coefficient (Wildman–Crippen LogP) is 3.88. The van der Waals surface area contributed by atoms with E-state index in [0.717, 1.165) is 4.90 Å². The fourth-order valence-electron chi connectivity index (χ4n) is 3.28. The Balaban J connectivity index is 1.41. The third-order valence-corrected chi connectivity index (χ3v) is 5.22. The van der Waals surface area contributed by atoms with Crippen molar-refractivity contribution in [2.24, 2.45) is 0 Å². The van der Waals surface area contributed by atoms with Crippen molar-refractivity contribution in [2.75, 3.05) is 20.2 Å². The van der Waals surface area contributed by atoms with E-state index in [1.54, 1.807) is 49.5 Å². The second-order valence-electron chi connectivity index (χ2n) is 7.07. The van der Waals surface area contributed by atoms with Gasteiger partial charge in [-0.25, -0.2) is 0 Å². The van der Waals surface area contributed by atoms with Gasteiger partial charge < -0.3 is 14.1 Å². The van der Waals surface area contributed by atoms with E-state index in [2.05, 4.69) is 0 Å². The van der Waals surface area contributed by atoms with Crippen molar-refractivity contribution in [3.8, 4) is 5.75 Å². The summed E-state index contributed by atoms with van der Waals surface area (Å²) >= 11 is 5.85. The van der Waals surface area contributed by atoms with Crippen LogP contribution < -0.4 is 4.74 Å². The normalized spacial score (nSPS) is 12.8. The minimum atomic E-state index is -0.445. The first-order valence-electron chi connectivity index (χ1n) is 9.60. The number of carbonyl (C=O) groups is 3. The van der Waals surface area contributed by atoms with Crippen molar-refractivity contribution in [3.05, 3.63) is 88.3 Å². The highest BCUT2D eigenvalue weighted by Gasteiger charge is 2.36. The highest BCUT2D eigenvalue weighted by Crippen LogP contribution is 2.26. The molecule has 1 aliphatic rings. The monoisotopic (exact) mass is 438 g/mol. The topological polar surface area (TPSA) is 80.1 Å². The quantitative estimate of drug-likeness (QED) is 0.523. The van der Waals surface area contributed by atoms with Gasteiger partial charge in [0.15, 0.2) is 0 Å². The van der Waals surface area contributed by atoms with Gasteiger partial charge in [-0.1, -0.05) is 11.6 Å². The van der Waals surface area contributed by atoms with E-state index in [-0.39, 0.29) is 23.6 Å². The number of nitrogens with zero attached hydrogens (tertiary/aromatic N) is 2. The van der Waals surface area contributed by atoms with E-state index in [1.807, 2.05) is 0 Å². The summed E-state index contributed by atoms with van der Waals surface area (Å²) < 4.78 is 10.9. The SMILES string of the molecule is CN(CCOc1ccc(Cl)cc1)C(=O)c1ccc2c(c1)C(=O)N(Cc1ccco1)C2=O. The molecule has 1 aromatic heterocycles. The number of ether oxygens (including phenoxy) is 1. The second kappa shape index (κ2) is 8.65. The van der Waals surface area contributed by atoms with E-state index in [0.29, 0.717) is 35.2 Å². The molecule has 0 atom stereocenters. The Kier molecular flexibility index (Phi) is 5.77. The summed E-state index contributed by atoms with van der Waals surface area (Å²) in [6.07, 6.45) is 1.48. The van der Waals surface area contributed by atoms with E-state index < -0.39 is 11.8 Å². The van der Waals surface area contributed by atoms with Crippen LogP contribution in [0.1, 0.15) is 36.8 Å². The lowest BCUT2D eigenvalue weighted by atomic mass is 10.1. The van der Waals surface area contributed by atoms with Gasteiger partial charge in [-0.2, -0.15) is 0 Å². The molecule has 0 unspecified atom stereocenters. The van der Waals surface area contributed by atoms with Crippen LogP contribution in [-0.2, 0) is 6.54 Å². The average Bonchev–Trinajstić information content (AvgIpc) is 3.37. The molecule has 158 valence electrons. The fraction of sp³-hybridized carbons (Fsp3) is 0.174. The number of fused-ring (bicyclic) bond motifs is 1. The molecule has 1 aliphatic heterocycles. The zero-order valence-corrected chi connectivity index (χ0v) is 17.5. The lowest BCUT2D eigenvalue weighted by Gasteiger charge is -2.18. The Bertz CT molecular complexity index is 1130. The van der Waals surface area contributed by atoms with E-state index in [9.17, 15) is 14.4 Å². The molecule has 3 aromatic rings. The number of rotatable bonds is 7. The molecule has 2 aromatic carbocycles. The molecule has 0 radical (unpaired) electrons. The van der Waals surface area contributed by atoms with Crippen LogP contribution in [0.5, 0.6) is 5.75 Å². The number of furan rings is 1. The number of carbonyl (C=O) groups excluding carboxylic acids is 3. The summed E-state index contributed by atoms with van der Waals surface area (Å²) in [6, 6.07) is 14.9. The van der Waals surface area contributed by atoms with Crippen LogP contribution in [0.15, 0.2) is 65.3 Å². The zero-order chi connectivity index (χ0) is 22.0. The molecular weight excluding hydrogens is 420 g/mol. The van der Waals surface area contributed by atoms with Crippen molar-refractivity contribution in [1.82, 2.24) is 9.80 Å². The minimum Gasteiger partial charge on any atom is -0.492 e. The number of halogens is 1. The molecule has 0 fully saturated rings. The lowest BCUT2D eigenvalue weighted by Crippen LogP contribution is -2.31. The summed E-state index contributed by atoms with van der Waals surface area (Å²) in [7, 11) is 1.65. The molecule has 2 heterocycles. The Hall–Kier alpha value is -3.58. The van der Waals surface area contributed by atoms with Gasteiger partial charge in [-0.15, -0.1) is 0 Å². The first kappa shape index (κ1) is 20.7. The average molecular weight is 439 g/mol. The van der Waals surface area contributed by atoms with Crippen molar-refractivity contribution in [1.29, 1.82) is 0 Å². The van der Waals surface area contributed by atoms with Crippen LogP contribution >= 0.6 is 11.6 Å². The molecular formula is C23H19ClN2O5. The van der Waals surface area contributed by atoms with Crippen molar-refractivity contribution in [3.63, 3.8) is 0 Å². The van der Waals surface area contributed by atoms with Gasteiger partial charge in [0, 0.05) is 17.6 Å². The maximum atomic E-state index is 12.8. The summed E-state index contributed by atoms with van der Waals surface area (Å²) in [5, 5.41) is 0.618. The van der Waals surface area contributed by atoms with Gasteiger partial charge in [-0.05, 0) is 54.6 Å². The van der Waals surface area contributed by atoms with Crippen molar-refractivity contribution < 1.29 is 23.5 Å². The zero-order valence-electron chi connectivity index (χ0n) is 16.7. The standard InChI is InChI=1S/C23H19ClN2O5/c1-25(10-12-31-17-7-5-16(24)6-8-17)21(27)15-4-9-19-20(13-15)23(29)26(22(19)28)14-18-3-2-11-30-18/h2-9,11,13H,10,12,14H2,1H3. The van der Waals surface area contributed by atoms with Crippen LogP contribution in [0.3, 0.4) is 0 Å². The molecule has 31 heavy (non-hydrogen) atoms. The van der Waals surface area contributed by atoms with E-state index in [4.69, 9.17) is 20.8 Å². The van der Waals surface area contributed by atoms with Gasteiger partial charge in [0.05, 0.1) is 30.5 Å². The third kappa shape index (κ3) is 4.32. The minimum absolute atomic E-state index is 0.0462. The third-order valence-electron chi connectivity index (χ3n) is 4.97. The predicted molar refractivity (Wildman–Crippen MR) is 113 cm³/mol. The van der Waals surface area contributed by atoms with Gasteiger partial charge in [0.1, 0.15) is 18.1 Å². The smallest absolute Gasteiger partial charge is 0.261 e. The fourth-order valence-corrected chi connectivity index (χ4v) is 3.40. The van der Waals surface area contributed by atoms with Crippen LogP contribution in [-0.4, -0.2) is 47.7 Å². The molecule has 4 rings (SSSR count). The largest absolute Gasteiger partial charge is 0.492 e. The molecule has 0 N–H and O–H groups in total. The number of benzene rings is 2. The second-order valence-corrected chi connectivity index (χ2v) is 7.50. The Morgan fingerprint density at radius 3 is 2.52 bits per heavy atom. The maximum absolute atomic E-state index is 12.8. The first-order valence-corrected chi connectivity index (χ1v) is 9.98. The molecule has 0 spiro atoms. The van der Waals surface area contributed by atoms with Gasteiger partial charge in [0.25, 0.3) is 17.7 Å². The molecule has 0 aliphatic carbocycles. The number of imide groups is 1. The number of hydrogen-bond acceptors (Lipinski definition) is 5. The van der Waals surface area contributed by atoms with Crippen molar-refractivity contribution >= 4 is 29.3 Å². The van der Waals surface area contributed by atoms with E-state index in [1.165, 1.54) is 23.3 Å². The molecule has 0 bridgehead atoms. The molecule has 0 saturated carbocycles. The first-order chi connectivity index (χ1) is 14.9. The number of hydrogen-bond donors (Lipinski definition) is 0.